The summed E-state index contributed by atoms with van der Waals surface area (Å²) < 4.78 is 41.3. The van der Waals surface area contributed by atoms with Crippen LogP contribution in [0.3, 0.4) is 0 Å². The number of aliphatic hydroxyl groups is 1. The van der Waals surface area contributed by atoms with Gasteiger partial charge in [-0.3, -0.25) is 10.3 Å². The maximum Gasteiger partial charge on any atom is 0.417 e. The molecule has 186 valence electrons. The number of rotatable bonds is 5. The van der Waals surface area contributed by atoms with Crippen LogP contribution in [-0.4, -0.2) is 26.3 Å². The lowest BCUT2D eigenvalue weighted by molar-refractivity contribution is -0.137. The molecule has 1 spiro atoms. The number of imidazole rings is 1. The van der Waals surface area contributed by atoms with E-state index >= 15 is 0 Å². The first-order chi connectivity index (χ1) is 16.5. The lowest BCUT2D eigenvalue weighted by Crippen LogP contribution is -2.31. The minimum atomic E-state index is -4.47. The number of nitrogens with one attached hydrogen (secondary N) is 2. The smallest absolute Gasteiger partial charge is 0.390 e. The summed E-state index contributed by atoms with van der Waals surface area (Å²) in [5, 5.41) is 10.3. The molecule has 35 heavy (non-hydrogen) atoms. The van der Waals surface area contributed by atoms with Crippen molar-refractivity contribution in [3.05, 3.63) is 59.4 Å². The minimum Gasteiger partial charge on any atom is -0.390 e. The van der Waals surface area contributed by atoms with Crippen LogP contribution in [0.1, 0.15) is 69.3 Å². The first-order valence-corrected chi connectivity index (χ1v) is 12.1. The van der Waals surface area contributed by atoms with Crippen molar-refractivity contribution in [3.8, 4) is 11.1 Å². The van der Waals surface area contributed by atoms with Crippen LogP contribution in [-0.2, 0) is 17.4 Å². The van der Waals surface area contributed by atoms with Crippen molar-refractivity contribution in [1.29, 1.82) is 0 Å². The topological polar surface area (TPSA) is 70.2 Å². The maximum atomic E-state index is 13.8. The molecule has 2 aliphatic rings. The molecule has 1 aromatic heterocycles. The van der Waals surface area contributed by atoms with Crippen LogP contribution in [0.2, 0.25) is 0 Å². The van der Waals surface area contributed by atoms with Crippen molar-refractivity contribution in [2.24, 2.45) is 0 Å². The molecule has 1 saturated carbocycles. The van der Waals surface area contributed by atoms with Crippen molar-refractivity contribution in [3.63, 3.8) is 0 Å². The van der Waals surface area contributed by atoms with Crippen LogP contribution in [0, 0.1) is 0 Å². The standard InChI is InChI=1S/C27H30F3N3O2/c1-25(2,34)13-10-17-14-18(19-8-4-5-9-20(19)27(28,29)30)15-21-23(17)32-24(31-21)22-16-26(35-33-22)11-6-3-7-12-26/h4-5,8-9,14-16,33-34H,3,6-7,10-13H2,1-2H3,(H,31,32). The quantitative estimate of drug-likeness (QED) is 0.384. The van der Waals surface area contributed by atoms with E-state index in [-0.39, 0.29) is 11.2 Å². The Labute approximate surface area is 202 Å². The normalized spacial score (nSPS) is 18.2. The van der Waals surface area contributed by atoms with Gasteiger partial charge < -0.3 is 10.1 Å². The molecule has 5 rings (SSSR count). The largest absolute Gasteiger partial charge is 0.417 e. The fraction of sp³-hybridized carbons (Fsp3) is 0.444. The predicted molar refractivity (Wildman–Crippen MR) is 129 cm³/mol. The molecule has 8 heteroatoms. The molecular weight excluding hydrogens is 455 g/mol. The summed E-state index contributed by atoms with van der Waals surface area (Å²) in [4.78, 5) is 14.1. The summed E-state index contributed by atoms with van der Waals surface area (Å²) in [5.41, 5.74) is 4.54. The van der Waals surface area contributed by atoms with Gasteiger partial charge in [-0.25, -0.2) is 4.98 Å². The number of hydroxylamine groups is 1. The van der Waals surface area contributed by atoms with Gasteiger partial charge in [-0.2, -0.15) is 13.2 Å². The van der Waals surface area contributed by atoms with Crippen LogP contribution in [0.15, 0.2) is 42.5 Å². The fourth-order valence-electron chi connectivity index (χ4n) is 5.08. The molecule has 0 atom stereocenters. The van der Waals surface area contributed by atoms with E-state index in [4.69, 9.17) is 9.82 Å². The zero-order chi connectivity index (χ0) is 24.8. The molecule has 1 aliphatic carbocycles. The van der Waals surface area contributed by atoms with Crippen LogP contribution in [0.25, 0.3) is 27.9 Å². The van der Waals surface area contributed by atoms with Gasteiger partial charge in [-0.15, -0.1) is 0 Å². The number of nitrogens with zero attached hydrogens (tertiary/aromatic N) is 1. The van der Waals surface area contributed by atoms with Gasteiger partial charge in [0.2, 0.25) is 0 Å². The van der Waals surface area contributed by atoms with E-state index in [1.165, 1.54) is 18.6 Å². The van der Waals surface area contributed by atoms with Gasteiger partial charge in [0.1, 0.15) is 11.3 Å². The number of hydrogen-bond donors (Lipinski definition) is 3. The van der Waals surface area contributed by atoms with Gasteiger partial charge in [0.25, 0.3) is 0 Å². The van der Waals surface area contributed by atoms with Crippen molar-refractivity contribution in [2.75, 3.05) is 0 Å². The second kappa shape index (κ2) is 8.68. The van der Waals surface area contributed by atoms with Crippen molar-refractivity contribution in [1.82, 2.24) is 15.4 Å². The number of aryl methyl sites for hydroxylation is 1. The van der Waals surface area contributed by atoms with Gasteiger partial charge >= 0.3 is 6.18 Å². The second-order valence-corrected chi connectivity index (χ2v) is 10.4. The highest BCUT2D eigenvalue weighted by Gasteiger charge is 2.37. The Bertz CT molecular complexity index is 1260. The summed E-state index contributed by atoms with van der Waals surface area (Å²) in [7, 11) is 0. The summed E-state index contributed by atoms with van der Waals surface area (Å²) in [6.07, 6.45) is 3.83. The van der Waals surface area contributed by atoms with E-state index in [0.29, 0.717) is 35.3 Å². The first-order valence-electron chi connectivity index (χ1n) is 12.1. The first kappa shape index (κ1) is 23.9. The zero-order valence-electron chi connectivity index (χ0n) is 19.9. The number of benzene rings is 2. The Morgan fingerprint density at radius 3 is 2.54 bits per heavy atom. The summed E-state index contributed by atoms with van der Waals surface area (Å²) in [6.45, 7) is 3.44. The van der Waals surface area contributed by atoms with E-state index < -0.39 is 17.3 Å². The maximum absolute atomic E-state index is 13.8. The second-order valence-electron chi connectivity index (χ2n) is 10.4. The lowest BCUT2D eigenvalue weighted by Gasteiger charge is -2.29. The number of halogens is 3. The number of alkyl halides is 3. The molecule has 0 bridgehead atoms. The fourth-order valence-corrected chi connectivity index (χ4v) is 5.08. The number of fused-ring (bicyclic) bond motifs is 1. The molecule has 0 radical (unpaired) electrons. The third kappa shape index (κ3) is 4.95. The van der Waals surface area contributed by atoms with Gasteiger partial charge in [0.05, 0.1) is 22.2 Å². The van der Waals surface area contributed by atoms with E-state index in [9.17, 15) is 18.3 Å². The Morgan fingerprint density at radius 1 is 1.09 bits per heavy atom. The highest BCUT2D eigenvalue weighted by molar-refractivity contribution is 5.87. The average Bonchev–Trinajstić information content (AvgIpc) is 3.41. The van der Waals surface area contributed by atoms with Gasteiger partial charge in [0.15, 0.2) is 5.82 Å². The third-order valence-electron chi connectivity index (χ3n) is 6.94. The molecule has 2 heterocycles. The number of aromatic nitrogens is 2. The molecule has 2 aromatic carbocycles. The van der Waals surface area contributed by atoms with Crippen molar-refractivity contribution < 1.29 is 23.1 Å². The molecular formula is C27H30F3N3O2. The summed E-state index contributed by atoms with van der Waals surface area (Å²) >= 11 is 0. The molecule has 0 amide bonds. The van der Waals surface area contributed by atoms with Crippen LogP contribution < -0.4 is 5.48 Å². The summed E-state index contributed by atoms with van der Waals surface area (Å²) in [5.74, 6) is 0.591. The van der Waals surface area contributed by atoms with Crippen molar-refractivity contribution in [2.45, 2.75) is 76.2 Å². The molecule has 0 unspecified atom stereocenters. The molecule has 0 saturated heterocycles. The highest BCUT2D eigenvalue weighted by atomic mass is 19.4. The molecule has 5 nitrogen and oxygen atoms in total. The highest BCUT2D eigenvalue weighted by Crippen LogP contribution is 2.40. The van der Waals surface area contributed by atoms with E-state index in [0.717, 1.165) is 43.0 Å². The Hall–Kier alpha value is -2.84. The monoisotopic (exact) mass is 485 g/mol. The summed E-state index contributed by atoms with van der Waals surface area (Å²) in [6, 6.07) is 9.08. The van der Waals surface area contributed by atoms with E-state index in [1.54, 1.807) is 32.0 Å². The van der Waals surface area contributed by atoms with Crippen LogP contribution in [0.5, 0.6) is 0 Å². The predicted octanol–water partition coefficient (Wildman–Crippen LogP) is 6.53. The zero-order valence-corrected chi connectivity index (χ0v) is 19.9. The molecule has 1 aliphatic heterocycles. The van der Waals surface area contributed by atoms with Gasteiger partial charge in [-0.05, 0) is 80.5 Å². The minimum absolute atomic E-state index is 0.116. The third-order valence-corrected chi connectivity index (χ3v) is 6.94. The average molecular weight is 486 g/mol. The van der Waals surface area contributed by atoms with Gasteiger partial charge in [-0.1, -0.05) is 37.5 Å². The van der Waals surface area contributed by atoms with Crippen LogP contribution in [0.4, 0.5) is 13.2 Å². The Morgan fingerprint density at radius 2 is 1.83 bits per heavy atom. The Balaban J connectivity index is 1.60. The van der Waals surface area contributed by atoms with Crippen molar-refractivity contribution >= 4 is 16.7 Å². The Kier molecular flexibility index (Phi) is 5.92. The molecule has 3 aromatic rings. The number of hydrogen-bond acceptors (Lipinski definition) is 4. The number of aromatic amines is 1. The van der Waals surface area contributed by atoms with Gasteiger partial charge in [0, 0.05) is 0 Å². The van der Waals surface area contributed by atoms with E-state index in [2.05, 4.69) is 16.5 Å². The molecule has 3 N–H and O–H groups in total. The SMILES string of the molecule is CC(C)(O)CCc1cc(-c2ccccc2C(F)(F)F)cc2[nH]c(C3=CC4(CCCCC4)ON3)nc12. The lowest BCUT2D eigenvalue weighted by atomic mass is 9.84. The number of H-pyrrole nitrogens is 1. The molecule has 1 fully saturated rings. The van der Waals surface area contributed by atoms with E-state index in [1.807, 2.05) is 0 Å². The van der Waals surface area contributed by atoms with Crippen LogP contribution >= 0.6 is 0 Å².